The summed E-state index contributed by atoms with van der Waals surface area (Å²) in [6, 6.07) is 11.1. The SMILES string of the molecule is CSc1ccc(C(=O)CCC(=O)OCC(=O)Nc2ccc([N+](=O)[O-])cc2C)cc1. The van der Waals surface area contributed by atoms with Crippen molar-refractivity contribution in [3.05, 3.63) is 63.7 Å². The van der Waals surface area contributed by atoms with E-state index in [2.05, 4.69) is 5.32 Å². The molecule has 1 N–H and O–H groups in total. The van der Waals surface area contributed by atoms with Crippen molar-refractivity contribution in [3.63, 3.8) is 0 Å². The number of nitro groups is 1. The van der Waals surface area contributed by atoms with Gasteiger partial charge in [-0.05, 0) is 36.9 Å². The summed E-state index contributed by atoms with van der Waals surface area (Å²) in [6.45, 7) is 1.11. The molecule has 0 aliphatic rings. The Balaban J connectivity index is 1.77. The van der Waals surface area contributed by atoms with E-state index in [1.807, 2.05) is 18.4 Å². The highest BCUT2D eigenvalue weighted by atomic mass is 32.2. The Morgan fingerprint density at radius 2 is 1.79 bits per heavy atom. The van der Waals surface area contributed by atoms with Gasteiger partial charge in [-0.25, -0.2) is 0 Å². The van der Waals surface area contributed by atoms with Gasteiger partial charge in [-0.15, -0.1) is 11.8 Å². The third-order valence-corrected chi connectivity index (χ3v) is 4.77. The average Bonchev–Trinajstić information content (AvgIpc) is 2.71. The van der Waals surface area contributed by atoms with Crippen molar-refractivity contribution >= 4 is 40.8 Å². The number of hydrogen-bond donors (Lipinski definition) is 1. The molecule has 0 saturated heterocycles. The van der Waals surface area contributed by atoms with Gasteiger partial charge < -0.3 is 10.1 Å². The Morgan fingerprint density at radius 1 is 1.10 bits per heavy atom. The molecule has 0 unspecified atom stereocenters. The maximum absolute atomic E-state index is 12.1. The molecule has 9 heteroatoms. The fourth-order valence-electron chi connectivity index (χ4n) is 2.44. The van der Waals surface area contributed by atoms with Gasteiger partial charge in [0.1, 0.15) is 0 Å². The molecule has 0 saturated carbocycles. The molecule has 0 heterocycles. The highest BCUT2D eigenvalue weighted by molar-refractivity contribution is 7.98. The predicted octanol–water partition coefficient (Wildman–Crippen LogP) is 3.77. The quantitative estimate of drug-likeness (QED) is 0.217. The van der Waals surface area contributed by atoms with Gasteiger partial charge in [0, 0.05) is 34.7 Å². The van der Waals surface area contributed by atoms with E-state index < -0.39 is 23.4 Å². The molecule has 0 bridgehead atoms. The van der Waals surface area contributed by atoms with Crippen molar-refractivity contribution in [1.29, 1.82) is 0 Å². The summed E-state index contributed by atoms with van der Waals surface area (Å²) in [4.78, 5) is 47.0. The van der Waals surface area contributed by atoms with Gasteiger partial charge in [-0.1, -0.05) is 12.1 Å². The Bertz CT molecular complexity index is 927. The standard InChI is InChI=1S/C20H20N2O6S/c1-13-11-15(22(26)27)5-8-17(13)21-19(24)12-28-20(25)10-9-18(23)14-3-6-16(29-2)7-4-14/h3-8,11H,9-10,12H2,1-2H3,(H,21,24). The summed E-state index contributed by atoms with van der Waals surface area (Å²) in [7, 11) is 0. The zero-order valence-electron chi connectivity index (χ0n) is 16.0. The largest absolute Gasteiger partial charge is 0.456 e. The number of aryl methyl sites for hydroxylation is 1. The lowest BCUT2D eigenvalue weighted by Gasteiger charge is -2.09. The van der Waals surface area contributed by atoms with E-state index in [-0.39, 0.29) is 24.3 Å². The molecule has 1 amide bonds. The minimum Gasteiger partial charge on any atom is -0.456 e. The molecule has 0 aliphatic carbocycles. The fourth-order valence-corrected chi connectivity index (χ4v) is 2.85. The van der Waals surface area contributed by atoms with Crippen molar-refractivity contribution in [1.82, 2.24) is 0 Å². The van der Waals surface area contributed by atoms with Gasteiger partial charge in [0.05, 0.1) is 11.3 Å². The predicted molar refractivity (Wildman–Crippen MR) is 109 cm³/mol. The molecular weight excluding hydrogens is 396 g/mol. The van der Waals surface area contributed by atoms with Crippen LogP contribution in [0.15, 0.2) is 47.4 Å². The van der Waals surface area contributed by atoms with Gasteiger partial charge in [0.15, 0.2) is 12.4 Å². The lowest BCUT2D eigenvalue weighted by atomic mass is 10.1. The normalized spacial score (nSPS) is 10.3. The monoisotopic (exact) mass is 416 g/mol. The molecule has 0 atom stereocenters. The Kier molecular flexibility index (Phi) is 7.90. The number of Topliss-reactive ketones (excluding diaryl/α,β-unsaturated/α-hetero) is 1. The minimum atomic E-state index is -0.658. The van der Waals surface area contributed by atoms with E-state index in [1.165, 1.54) is 18.2 Å². The van der Waals surface area contributed by atoms with Crippen LogP contribution in [0.25, 0.3) is 0 Å². The molecule has 152 valence electrons. The number of benzene rings is 2. The number of thioether (sulfide) groups is 1. The van der Waals surface area contributed by atoms with Crippen LogP contribution in [0.5, 0.6) is 0 Å². The van der Waals surface area contributed by atoms with Crippen LogP contribution in [0.4, 0.5) is 11.4 Å². The first-order valence-electron chi connectivity index (χ1n) is 8.68. The van der Waals surface area contributed by atoms with E-state index in [0.717, 1.165) is 4.90 Å². The van der Waals surface area contributed by atoms with E-state index in [4.69, 9.17) is 4.74 Å². The van der Waals surface area contributed by atoms with Crippen LogP contribution in [0, 0.1) is 17.0 Å². The number of esters is 1. The van der Waals surface area contributed by atoms with Crippen molar-refractivity contribution in [2.75, 3.05) is 18.2 Å². The van der Waals surface area contributed by atoms with Crippen molar-refractivity contribution in [2.24, 2.45) is 0 Å². The summed E-state index contributed by atoms with van der Waals surface area (Å²) in [6.07, 6.45) is 1.79. The minimum absolute atomic E-state index is 0.0134. The van der Waals surface area contributed by atoms with E-state index in [9.17, 15) is 24.5 Å². The van der Waals surface area contributed by atoms with E-state index >= 15 is 0 Å². The fraction of sp³-hybridized carbons (Fsp3) is 0.250. The summed E-state index contributed by atoms with van der Waals surface area (Å²) in [5.41, 5.74) is 1.33. The first-order valence-corrected chi connectivity index (χ1v) is 9.90. The number of non-ortho nitro benzene ring substituents is 1. The number of ketones is 1. The van der Waals surface area contributed by atoms with Crippen LogP contribution < -0.4 is 5.32 Å². The number of carbonyl (C=O) groups is 3. The van der Waals surface area contributed by atoms with Crippen LogP contribution >= 0.6 is 11.8 Å². The molecule has 8 nitrogen and oxygen atoms in total. The van der Waals surface area contributed by atoms with Gasteiger partial charge >= 0.3 is 5.97 Å². The Morgan fingerprint density at radius 3 is 2.38 bits per heavy atom. The lowest BCUT2D eigenvalue weighted by Crippen LogP contribution is -2.21. The van der Waals surface area contributed by atoms with Crippen LogP contribution in [0.3, 0.4) is 0 Å². The molecule has 0 aromatic heterocycles. The van der Waals surface area contributed by atoms with Crippen molar-refractivity contribution < 1.29 is 24.0 Å². The smallest absolute Gasteiger partial charge is 0.306 e. The van der Waals surface area contributed by atoms with E-state index in [0.29, 0.717) is 16.8 Å². The lowest BCUT2D eigenvalue weighted by molar-refractivity contribution is -0.384. The Hall–Kier alpha value is -3.20. The molecule has 2 aromatic carbocycles. The zero-order chi connectivity index (χ0) is 21.4. The molecule has 0 spiro atoms. The third kappa shape index (κ3) is 6.72. The molecule has 29 heavy (non-hydrogen) atoms. The van der Waals surface area contributed by atoms with Crippen molar-refractivity contribution in [3.8, 4) is 0 Å². The van der Waals surface area contributed by atoms with Gasteiger partial charge in [-0.2, -0.15) is 0 Å². The maximum Gasteiger partial charge on any atom is 0.306 e. The molecule has 0 fully saturated rings. The number of ether oxygens (including phenoxy) is 1. The van der Waals surface area contributed by atoms with Crippen LogP contribution in [-0.4, -0.2) is 35.4 Å². The van der Waals surface area contributed by atoms with Crippen LogP contribution in [0.2, 0.25) is 0 Å². The zero-order valence-corrected chi connectivity index (χ0v) is 16.8. The highest BCUT2D eigenvalue weighted by Gasteiger charge is 2.14. The number of anilines is 1. The molecule has 0 aliphatic heterocycles. The number of amides is 1. The van der Waals surface area contributed by atoms with Gasteiger partial charge in [0.25, 0.3) is 11.6 Å². The second kappa shape index (κ2) is 10.4. The molecule has 2 aromatic rings. The number of rotatable bonds is 9. The number of hydrogen-bond acceptors (Lipinski definition) is 7. The van der Waals surface area contributed by atoms with Gasteiger partial charge in [0.2, 0.25) is 0 Å². The first kappa shape index (κ1) is 22.1. The first-order chi connectivity index (χ1) is 13.8. The van der Waals surface area contributed by atoms with Crippen LogP contribution in [0.1, 0.15) is 28.8 Å². The number of nitrogens with zero attached hydrogens (tertiary/aromatic N) is 1. The van der Waals surface area contributed by atoms with Crippen LogP contribution in [-0.2, 0) is 14.3 Å². The average molecular weight is 416 g/mol. The van der Waals surface area contributed by atoms with Crippen molar-refractivity contribution in [2.45, 2.75) is 24.7 Å². The summed E-state index contributed by atoms with van der Waals surface area (Å²) in [5, 5.41) is 13.3. The third-order valence-electron chi connectivity index (χ3n) is 4.03. The topological polar surface area (TPSA) is 116 Å². The molecule has 0 radical (unpaired) electrons. The summed E-state index contributed by atoms with van der Waals surface area (Å²) >= 11 is 1.57. The van der Waals surface area contributed by atoms with Gasteiger partial charge in [-0.3, -0.25) is 24.5 Å². The second-order valence-electron chi connectivity index (χ2n) is 6.12. The number of nitrogens with one attached hydrogen (secondary N) is 1. The molecular formula is C20H20N2O6S. The number of nitro benzene ring substituents is 1. The van der Waals surface area contributed by atoms with E-state index in [1.54, 1.807) is 30.8 Å². The summed E-state index contributed by atoms with van der Waals surface area (Å²) in [5.74, 6) is -1.41. The molecule has 2 rings (SSSR count). The summed E-state index contributed by atoms with van der Waals surface area (Å²) < 4.78 is 4.89. The maximum atomic E-state index is 12.1. The Labute approximate surface area is 171 Å². The second-order valence-corrected chi connectivity index (χ2v) is 7.00. The number of carbonyl (C=O) groups excluding carboxylic acids is 3. The highest BCUT2D eigenvalue weighted by Crippen LogP contribution is 2.21.